The summed E-state index contributed by atoms with van der Waals surface area (Å²) in [4.78, 5) is 32.6. The van der Waals surface area contributed by atoms with Gasteiger partial charge in [0, 0.05) is 56.4 Å². The van der Waals surface area contributed by atoms with Gasteiger partial charge in [0.25, 0.3) is 21.6 Å². The molecule has 41 heavy (non-hydrogen) atoms. The predicted octanol–water partition coefficient (Wildman–Crippen LogP) is 4.63. The van der Waals surface area contributed by atoms with Gasteiger partial charge in [-0.1, -0.05) is 35.1 Å². The number of rotatable bonds is 9. The molecule has 5 rings (SSSR count). The van der Waals surface area contributed by atoms with E-state index in [1.165, 1.54) is 41.7 Å². The lowest BCUT2D eigenvalue weighted by molar-refractivity contribution is -0.384. The number of aromatic nitrogens is 1. The fourth-order valence-electron chi connectivity index (χ4n) is 4.32. The molecule has 11 nitrogen and oxygen atoms in total. The summed E-state index contributed by atoms with van der Waals surface area (Å²) in [6, 6.07) is 16.9. The van der Waals surface area contributed by atoms with Crippen LogP contribution in [0.1, 0.15) is 10.4 Å². The predicted molar refractivity (Wildman–Crippen MR) is 163 cm³/mol. The number of piperazine rings is 1. The van der Waals surface area contributed by atoms with Gasteiger partial charge >= 0.3 is 0 Å². The Kier molecular flexibility index (Phi) is 9.66. The van der Waals surface area contributed by atoms with E-state index in [1.807, 2.05) is 0 Å². The summed E-state index contributed by atoms with van der Waals surface area (Å²) in [6.45, 7) is 4.04. The summed E-state index contributed by atoms with van der Waals surface area (Å²) in [5.74, 6) is -0.378. The van der Waals surface area contributed by atoms with Crippen LogP contribution in [0.3, 0.4) is 0 Å². The number of fused-ring (bicyclic) bond motifs is 1. The maximum Gasteiger partial charge on any atom is 0.270 e. The second kappa shape index (κ2) is 13.0. The Morgan fingerprint density at radius 3 is 2.46 bits per heavy atom. The Morgan fingerprint density at radius 2 is 1.76 bits per heavy atom. The first-order chi connectivity index (χ1) is 19.2. The van der Waals surface area contributed by atoms with Crippen LogP contribution in [0.15, 0.2) is 71.6 Å². The van der Waals surface area contributed by atoms with Gasteiger partial charge in [-0.2, -0.15) is 0 Å². The normalized spacial score (nSPS) is 13.9. The lowest BCUT2D eigenvalue weighted by Gasteiger charge is -2.34. The van der Waals surface area contributed by atoms with Crippen LogP contribution >= 0.6 is 35.3 Å². The number of benzene rings is 3. The molecule has 0 aliphatic carbocycles. The third-order valence-corrected chi connectivity index (χ3v) is 9.18. The Bertz CT molecular complexity index is 1660. The number of thiazole rings is 1. The van der Waals surface area contributed by atoms with Crippen molar-refractivity contribution in [2.45, 2.75) is 4.90 Å². The Labute approximate surface area is 251 Å². The number of amides is 1. The van der Waals surface area contributed by atoms with Gasteiger partial charge in [-0.15, -0.1) is 12.4 Å². The van der Waals surface area contributed by atoms with Gasteiger partial charge in [0.05, 0.1) is 31.3 Å². The molecule has 1 aromatic heterocycles. The van der Waals surface area contributed by atoms with Gasteiger partial charge in [0.2, 0.25) is 0 Å². The fourth-order valence-corrected chi connectivity index (χ4v) is 6.58. The summed E-state index contributed by atoms with van der Waals surface area (Å²) < 4.78 is 28.9. The first-order valence-corrected chi connectivity index (χ1v) is 15.1. The van der Waals surface area contributed by atoms with Crippen molar-refractivity contribution in [1.82, 2.24) is 15.2 Å². The van der Waals surface area contributed by atoms with E-state index in [0.717, 1.165) is 41.5 Å². The summed E-state index contributed by atoms with van der Waals surface area (Å²) in [5, 5.41) is 15.2. The average molecular weight is 638 g/mol. The number of hydrogen-bond donors (Lipinski definition) is 2. The van der Waals surface area contributed by atoms with Gasteiger partial charge in [-0.3, -0.25) is 24.5 Å². The van der Waals surface area contributed by atoms with Crippen molar-refractivity contribution in [3.8, 4) is 0 Å². The number of nitrogens with zero attached hydrogens (tertiary/aromatic N) is 4. The molecule has 0 spiro atoms. The number of carbonyl (C=O) groups is 1. The van der Waals surface area contributed by atoms with Gasteiger partial charge in [-0.25, -0.2) is 13.4 Å². The molecule has 1 aliphatic heterocycles. The van der Waals surface area contributed by atoms with Crippen molar-refractivity contribution in [3.05, 3.63) is 87.4 Å². The molecule has 1 fully saturated rings. The highest BCUT2D eigenvalue weighted by atomic mass is 35.5. The molecule has 1 aliphatic rings. The second-order valence-electron chi connectivity index (χ2n) is 9.10. The lowest BCUT2D eigenvalue weighted by atomic mass is 10.1. The van der Waals surface area contributed by atoms with E-state index >= 15 is 0 Å². The highest BCUT2D eigenvalue weighted by Crippen LogP contribution is 2.32. The monoisotopic (exact) mass is 636 g/mol. The van der Waals surface area contributed by atoms with E-state index in [9.17, 15) is 23.3 Å². The van der Waals surface area contributed by atoms with Crippen LogP contribution < -0.4 is 14.9 Å². The maximum atomic E-state index is 12.9. The highest BCUT2D eigenvalue weighted by molar-refractivity contribution is 7.92. The maximum absolute atomic E-state index is 12.9. The molecule has 0 saturated carbocycles. The summed E-state index contributed by atoms with van der Waals surface area (Å²) in [5.41, 5.74) is 1.20. The summed E-state index contributed by atoms with van der Waals surface area (Å²) in [7, 11) is -3.90. The molecule has 3 aromatic carbocycles. The van der Waals surface area contributed by atoms with Crippen molar-refractivity contribution in [2.24, 2.45) is 0 Å². The molecule has 15 heteroatoms. The Hall–Kier alpha value is -3.49. The molecule has 2 heterocycles. The number of non-ortho nitro benzene ring substituents is 1. The first kappa shape index (κ1) is 30.5. The Morgan fingerprint density at radius 1 is 1.05 bits per heavy atom. The average Bonchev–Trinajstić information content (AvgIpc) is 3.37. The topological polar surface area (TPSA) is 138 Å². The van der Waals surface area contributed by atoms with E-state index in [2.05, 4.69) is 24.8 Å². The summed E-state index contributed by atoms with van der Waals surface area (Å²) >= 11 is 7.30. The van der Waals surface area contributed by atoms with Crippen molar-refractivity contribution >= 4 is 78.0 Å². The van der Waals surface area contributed by atoms with Crippen LogP contribution in [0.25, 0.3) is 10.2 Å². The number of para-hydroxylation sites is 1. The largest absolute Gasteiger partial charge is 0.351 e. The van der Waals surface area contributed by atoms with Crippen molar-refractivity contribution < 1.29 is 18.1 Å². The quantitative estimate of drug-likeness (QED) is 0.200. The van der Waals surface area contributed by atoms with E-state index in [4.69, 9.17) is 11.6 Å². The van der Waals surface area contributed by atoms with Crippen LogP contribution in [0.2, 0.25) is 5.02 Å². The molecule has 216 valence electrons. The number of hydrogen-bond acceptors (Lipinski definition) is 9. The minimum atomic E-state index is -3.90. The van der Waals surface area contributed by atoms with Gasteiger partial charge < -0.3 is 10.2 Å². The number of nitro groups is 1. The van der Waals surface area contributed by atoms with Crippen LogP contribution in [0, 0.1) is 10.1 Å². The van der Waals surface area contributed by atoms with Crippen LogP contribution in [-0.4, -0.2) is 68.4 Å². The molecule has 4 aromatic rings. The number of nitrogens with one attached hydrogen (secondary N) is 2. The molecule has 0 atom stereocenters. The zero-order valence-electron chi connectivity index (χ0n) is 21.5. The molecular formula is C26H26Cl2N6O5S2. The van der Waals surface area contributed by atoms with Crippen molar-refractivity contribution in [1.29, 1.82) is 0 Å². The second-order valence-corrected chi connectivity index (χ2v) is 12.2. The van der Waals surface area contributed by atoms with Gasteiger partial charge in [0.15, 0.2) is 5.13 Å². The molecule has 1 amide bonds. The van der Waals surface area contributed by atoms with Gasteiger partial charge in [0.1, 0.15) is 0 Å². The number of halogens is 2. The van der Waals surface area contributed by atoms with E-state index < -0.39 is 14.9 Å². The van der Waals surface area contributed by atoms with Crippen molar-refractivity contribution in [2.75, 3.05) is 48.9 Å². The summed E-state index contributed by atoms with van der Waals surface area (Å²) in [6.07, 6.45) is 0. The molecular weight excluding hydrogens is 611 g/mol. The lowest BCUT2D eigenvalue weighted by Crippen LogP contribution is -2.48. The number of anilines is 2. The number of carbonyl (C=O) groups excluding carboxylic acids is 1. The van der Waals surface area contributed by atoms with Crippen molar-refractivity contribution in [3.63, 3.8) is 0 Å². The standard InChI is InChI=1S/C26H25ClN6O5S2.ClH/c27-18-5-8-20(9-6-18)40(37,38)30-22-4-2-1-3-21(22)25(34)28-11-12-31-13-15-32(16-14-31)26-29-23-10-7-19(33(35)36)17-24(23)39-26;/h1-10,17,30H,11-16H2,(H,28,34);1H. The minimum Gasteiger partial charge on any atom is -0.351 e. The van der Waals surface area contributed by atoms with E-state index in [-0.39, 0.29) is 40.1 Å². The molecule has 1 saturated heterocycles. The zero-order valence-corrected chi connectivity index (χ0v) is 24.7. The van der Waals surface area contributed by atoms with Crippen LogP contribution in [0.4, 0.5) is 16.5 Å². The SMILES string of the molecule is Cl.O=C(NCCN1CCN(c2nc3ccc([N+](=O)[O-])cc3s2)CC1)c1ccccc1NS(=O)(=O)c1ccc(Cl)cc1. The molecule has 2 N–H and O–H groups in total. The minimum absolute atomic E-state index is 0. The van der Waals surface area contributed by atoms with E-state index in [1.54, 1.807) is 36.4 Å². The zero-order chi connectivity index (χ0) is 28.3. The third-order valence-electron chi connectivity index (χ3n) is 6.47. The number of sulfonamides is 1. The van der Waals surface area contributed by atoms with Crippen LogP contribution in [-0.2, 0) is 10.0 Å². The Balaban J connectivity index is 0.00000387. The highest BCUT2D eigenvalue weighted by Gasteiger charge is 2.22. The molecule has 0 radical (unpaired) electrons. The van der Waals surface area contributed by atoms with Gasteiger partial charge in [-0.05, 0) is 42.5 Å². The fraction of sp³-hybridized carbons (Fsp3) is 0.231. The smallest absolute Gasteiger partial charge is 0.270 e. The van der Waals surface area contributed by atoms with Crippen LogP contribution in [0.5, 0.6) is 0 Å². The van der Waals surface area contributed by atoms with E-state index in [0.29, 0.717) is 18.1 Å². The molecule has 0 bridgehead atoms. The third kappa shape index (κ3) is 7.24. The number of nitro benzene ring substituents is 1. The first-order valence-electron chi connectivity index (χ1n) is 12.4. The molecule has 0 unspecified atom stereocenters.